The van der Waals surface area contributed by atoms with E-state index in [0.717, 1.165) is 24.2 Å². The summed E-state index contributed by atoms with van der Waals surface area (Å²) in [6, 6.07) is 11.7. The van der Waals surface area contributed by atoms with Gasteiger partial charge in [-0.3, -0.25) is 9.67 Å². The monoisotopic (exact) mass is 377 g/mol. The van der Waals surface area contributed by atoms with Crippen molar-refractivity contribution in [2.75, 3.05) is 25.5 Å². The summed E-state index contributed by atoms with van der Waals surface area (Å²) in [6.45, 7) is 4.19. The first-order chi connectivity index (χ1) is 13.5. The van der Waals surface area contributed by atoms with Crippen molar-refractivity contribution in [3.05, 3.63) is 60.6 Å². The van der Waals surface area contributed by atoms with Crippen molar-refractivity contribution in [1.29, 1.82) is 0 Å². The van der Waals surface area contributed by atoms with Gasteiger partial charge >= 0.3 is 5.97 Å². The van der Waals surface area contributed by atoms with Crippen molar-refractivity contribution in [3.8, 4) is 11.1 Å². The van der Waals surface area contributed by atoms with E-state index in [2.05, 4.69) is 35.4 Å². The number of benzene rings is 1. The molecule has 1 aliphatic heterocycles. The van der Waals surface area contributed by atoms with E-state index in [1.807, 2.05) is 35.0 Å². The number of nitrogens with one attached hydrogen (secondary N) is 1. The fraction of sp³-hybridized carbons (Fsp3) is 0.286. The SMILES string of the molecule is C[C@@H]1CN(C)C[C@H]1n1cc(-c2ccccc2)c(Nc2cnccc2C(=O)O)n1. The summed E-state index contributed by atoms with van der Waals surface area (Å²) in [4.78, 5) is 17.9. The Labute approximate surface area is 163 Å². The molecule has 2 aromatic heterocycles. The molecule has 144 valence electrons. The van der Waals surface area contributed by atoms with E-state index < -0.39 is 5.97 Å². The molecule has 3 aromatic rings. The molecule has 7 heteroatoms. The summed E-state index contributed by atoms with van der Waals surface area (Å²) in [5.74, 6) is 0.106. The summed E-state index contributed by atoms with van der Waals surface area (Å²) in [6.07, 6.45) is 5.04. The molecule has 0 radical (unpaired) electrons. The lowest BCUT2D eigenvalue weighted by Crippen LogP contribution is -2.17. The normalized spacial score (nSPS) is 19.6. The number of carbonyl (C=O) groups is 1. The number of hydrogen-bond acceptors (Lipinski definition) is 5. The first kappa shape index (κ1) is 18.2. The number of rotatable bonds is 5. The number of aromatic nitrogens is 3. The second kappa shape index (κ2) is 7.44. The lowest BCUT2D eigenvalue weighted by molar-refractivity contribution is 0.0698. The van der Waals surface area contributed by atoms with Crippen LogP contribution >= 0.6 is 0 Å². The van der Waals surface area contributed by atoms with Crippen molar-refractivity contribution in [3.63, 3.8) is 0 Å². The van der Waals surface area contributed by atoms with Gasteiger partial charge in [0.05, 0.1) is 23.5 Å². The number of pyridine rings is 1. The van der Waals surface area contributed by atoms with E-state index in [9.17, 15) is 9.90 Å². The van der Waals surface area contributed by atoms with E-state index >= 15 is 0 Å². The van der Waals surface area contributed by atoms with Crippen LogP contribution in [0.5, 0.6) is 0 Å². The molecule has 1 fully saturated rings. The quantitative estimate of drug-likeness (QED) is 0.708. The van der Waals surface area contributed by atoms with Crippen LogP contribution in [0.15, 0.2) is 55.0 Å². The maximum absolute atomic E-state index is 11.6. The number of carboxylic acid groups (broad SMARTS) is 1. The van der Waals surface area contributed by atoms with Crippen LogP contribution in [0.3, 0.4) is 0 Å². The second-order valence-corrected chi connectivity index (χ2v) is 7.35. The van der Waals surface area contributed by atoms with Crippen LogP contribution in [-0.4, -0.2) is 50.9 Å². The molecule has 0 aliphatic carbocycles. The molecule has 0 spiro atoms. The van der Waals surface area contributed by atoms with Crippen LogP contribution in [0.2, 0.25) is 0 Å². The molecule has 1 saturated heterocycles. The molecule has 2 N–H and O–H groups in total. The number of nitrogens with zero attached hydrogens (tertiary/aromatic N) is 4. The van der Waals surface area contributed by atoms with Crippen molar-refractivity contribution in [2.45, 2.75) is 13.0 Å². The lowest BCUT2D eigenvalue weighted by atomic mass is 10.1. The Morgan fingerprint density at radius 3 is 2.68 bits per heavy atom. The molecule has 2 atom stereocenters. The van der Waals surface area contributed by atoms with Gasteiger partial charge in [0, 0.05) is 31.0 Å². The van der Waals surface area contributed by atoms with Gasteiger partial charge in [0.2, 0.25) is 0 Å². The van der Waals surface area contributed by atoms with Gasteiger partial charge in [-0.2, -0.15) is 5.10 Å². The van der Waals surface area contributed by atoms with Gasteiger partial charge in [-0.1, -0.05) is 37.3 Å². The van der Waals surface area contributed by atoms with Crippen molar-refractivity contribution in [2.24, 2.45) is 5.92 Å². The Kier molecular flexibility index (Phi) is 4.83. The number of likely N-dealkylation sites (tertiary alicyclic amines) is 1. The maximum Gasteiger partial charge on any atom is 0.337 e. The fourth-order valence-corrected chi connectivity index (χ4v) is 3.82. The Morgan fingerprint density at radius 1 is 1.21 bits per heavy atom. The van der Waals surface area contributed by atoms with Gasteiger partial charge in [0.1, 0.15) is 0 Å². The third-order valence-electron chi connectivity index (χ3n) is 5.22. The summed E-state index contributed by atoms with van der Waals surface area (Å²) >= 11 is 0. The zero-order valence-electron chi connectivity index (χ0n) is 15.9. The van der Waals surface area contributed by atoms with Crippen LogP contribution in [0.4, 0.5) is 11.5 Å². The first-order valence-electron chi connectivity index (χ1n) is 9.30. The molecule has 4 rings (SSSR count). The molecule has 7 nitrogen and oxygen atoms in total. The Hall–Kier alpha value is -3.19. The van der Waals surface area contributed by atoms with Crippen molar-refractivity contribution < 1.29 is 9.90 Å². The Bertz CT molecular complexity index is 985. The number of aromatic carboxylic acids is 1. The fourth-order valence-electron chi connectivity index (χ4n) is 3.82. The van der Waals surface area contributed by atoms with E-state index in [4.69, 9.17) is 5.10 Å². The zero-order chi connectivity index (χ0) is 19.7. The zero-order valence-corrected chi connectivity index (χ0v) is 15.9. The van der Waals surface area contributed by atoms with E-state index in [-0.39, 0.29) is 11.6 Å². The summed E-state index contributed by atoms with van der Waals surface area (Å²) < 4.78 is 2.01. The smallest absolute Gasteiger partial charge is 0.337 e. The number of likely N-dealkylation sites (N-methyl/N-ethyl adjacent to an activating group) is 1. The highest BCUT2D eigenvalue weighted by Crippen LogP contribution is 2.34. The van der Waals surface area contributed by atoms with Crippen molar-refractivity contribution >= 4 is 17.5 Å². The average Bonchev–Trinajstić information content (AvgIpc) is 3.25. The number of hydrogen-bond donors (Lipinski definition) is 2. The van der Waals surface area contributed by atoms with Gasteiger partial charge < -0.3 is 15.3 Å². The van der Waals surface area contributed by atoms with Crippen LogP contribution < -0.4 is 5.32 Å². The van der Waals surface area contributed by atoms with E-state index in [0.29, 0.717) is 17.4 Å². The number of carboxylic acids is 1. The number of anilines is 2. The molecule has 0 bridgehead atoms. The highest BCUT2D eigenvalue weighted by molar-refractivity contribution is 5.95. The summed E-state index contributed by atoms with van der Waals surface area (Å²) in [5.41, 5.74) is 2.55. The predicted molar refractivity (Wildman–Crippen MR) is 108 cm³/mol. The molecule has 28 heavy (non-hydrogen) atoms. The predicted octanol–water partition coefficient (Wildman–Crippen LogP) is 3.51. The molecule has 0 unspecified atom stereocenters. The molecular weight excluding hydrogens is 354 g/mol. The minimum Gasteiger partial charge on any atom is -0.478 e. The average molecular weight is 377 g/mol. The Morgan fingerprint density at radius 2 is 2.00 bits per heavy atom. The largest absolute Gasteiger partial charge is 0.478 e. The third kappa shape index (κ3) is 3.48. The van der Waals surface area contributed by atoms with Gasteiger partial charge in [-0.15, -0.1) is 0 Å². The lowest BCUT2D eigenvalue weighted by Gasteiger charge is -2.14. The highest BCUT2D eigenvalue weighted by Gasteiger charge is 2.30. The minimum atomic E-state index is -1.00. The molecule has 1 aliphatic rings. The molecule has 0 saturated carbocycles. The van der Waals surface area contributed by atoms with E-state index in [1.165, 1.54) is 18.5 Å². The maximum atomic E-state index is 11.6. The summed E-state index contributed by atoms with van der Waals surface area (Å²) in [5, 5.41) is 17.5. The van der Waals surface area contributed by atoms with E-state index in [1.54, 1.807) is 0 Å². The standard InChI is InChI=1S/C21H23N5O2/c1-14-11-25(2)13-19(14)26-12-17(15-6-4-3-5-7-15)20(24-26)23-18-10-22-9-8-16(18)21(27)28/h3-10,12,14,19H,11,13H2,1-2H3,(H,23,24)(H,27,28)/t14-,19-/m1/s1. The highest BCUT2D eigenvalue weighted by atomic mass is 16.4. The second-order valence-electron chi connectivity index (χ2n) is 7.35. The molecule has 0 amide bonds. The molecule has 3 heterocycles. The van der Waals surface area contributed by atoms with Crippen LogP contribution in [-0.2, 0) is 0 Å². The van der Waals surface area contributed by atoms with Crippen LogP contribution in [0.25, 0.3) is 11.1 Å². The minimum absolute atomic E-state index is 0.164. The summed E-state index contributed by atoms with van der Waals surface area (Å²) in [7, 11) is 2.12. The third-order valence-corrected chi connectivity index (χ3v) is 5.22. The molecule has 1 aromatic carbocycles. The Balaban J connectivity index is 1.76. The first-order valence-corrected chi connectivity index (χ1v) is 9.30. The van der Waals surface area contributed by atoms with Gasteiger partial charge in [-0.05, 0) is 24.6 Å². The van der Waals surface area contributed by atoms with Gasteiger partial charge in [0.15, 0.2) is 5.82 Å². The van der Waals surface area contributed by atoms with Crippen molar-refractivity contribution in [1.82, 2.24) is 19.7 Å². The van der Waals surface area contributed by atoms with Crippen LogP contribution in [0.1, 0.15) is 23.3 Å². The van der Waals surface area contributed by atoms with Gasteiger partial charge in [0.25, 0.3) is 0 Å². The molecular formula is C21H23N5O2. The topological polar surface area (TPSA) is 83.3 Å². The van der Waals surface area contributed by atoms with Gasteiger partial charge in [-0.25, -0.2) is 4.79 Å². The van der Waals surface area contributed by atoms with Crippen LogP contribution in [0, 0.1) is 5.92 Å².